The molecule has 7 atom stereocenters. The van der Waals surface area contributed by atoms with E-state index >= 15 is 0 Å². The van der Waals surface area contributed by atoms with E-state index in [1.807, 2.05) is 0 Å². The summed E-state index contributed by atoms with van der Waals surface area (Å²) in [4.78, 5) is -2.48. The van der Waals surface area contributed by atoms with Crippen LogP contribution in [-0.4, -0.2) is 31.7 Å². The molecular weight excluding hydrogens is 384 g/mol. The van der Waals surface area contributed by atoms with E-state index in [0.717, 1.165) is 0 Å². The average molecular weight is 389 g/mol. The summed E-state index contributed by atoms with van der Waals surface area (Å²) in [6.07, 6.45) is -0.152. The van der Waals surface area contributed by atoms with Gasteiger partial charge >= 0.3 is 0 Å². The third kappa shape index (κ3) is 1.02. The SMILES string of the molecule is ClC1=C(Cl)[C@]2(Cl)[C@H]3[C@@H]4O[C@H]4[C@H](Cl)[C@H]3[C@]1(Cl)C2(Cl)Cl. The number of ether oxygens (including phenoxy) is 1. The van der Waals surface area contributed by atoms with E-state index in [0.29, 0.717) is 0 Å². The first-order valence-corrected chi connectivity index (χ1v) is 8.02. The fourth-order valence-corrected chi connectivity index (χ4v) is 7.49. The van der Waals surface area contributed by atoms with Crippen LogP contribution in [0.3, 0.4) is 0 Å². The van der Waals surface area contributed by atoms with Crippen molar-refractivity contribution >= 4 is 81.2 Å². The molecule has 8 heteroatoms. The van der Waals surface area contributed by atoms with Crippen molar-refractivity contribution in [2.24, 2.45) is 11.8 Å². The highest BCUT2D eigenvalue weighted by atomic mass is 35.5. The first kappa shape index (κ1) is 13.4. The minimum absolute atomic E-state index is 0.0608. The monoisotopic (exact) mass is 386 g/mol. The largest absolute Gasteiger partial charge is 0.368 e. The predicted molar refractivity (Wildman–Crippen MR) is 75.6 cm³/mol. The summed E-state index contributed by atoms with van der Waals surface area (Å²) in [6, 6.07) is 0. The third-order valence-electron chi connectivity index (χ3n) is 4.62. The second-order valence-corrected chi connectivity index (χ2v) is 8.97. The highest BCUT2D eigenvalue weighted by Gasteiger charge is 2.89. The summed E-state index contributed by atoms with van der Waals surface area (Å²) in [5.74, 6) is -0.457. The molecule has 1 saturated heterocycles. The highest BCUT2D eigenvalue weighted by molar-refractivity contribution is 6.66. The molecule has 0 amide bonds. The molecule has 0 radical (unpaired) electrons. The van der Waals surface area contributed by atoms with Gasteiger partial charge in [-0.05, 0) is 0 Å². The van der Waals surface area contributed by atoms with Crippen LogP contribution in [0.2, 0.25) is 0 Å². The zero-order valence-electron chi connectivity index (χ0n) is 8.44. The fourth-order valence-electron chi connectivity index (χ4n) is 3.80. The van der Waals surface area contributed by atoms with Crippen molar-refractivity contribution in [3.05, 3.63) is 10.1 Å². The van der Waals surface area contributed by atoms with Crippen LogP contribution in [0.5, 0.6) is 0 Å². The van der Waals surface area contributed by atoms with Gasteiger partial charge in [-0.2, -0.15) is 0 Å². The summed E-state index contributed by atoms with van der Waals surface area (Å²) in [5.41, 5.74) is 0. The Bertz CT molecular complexity index is 476. The molecule has 2 saturated carbocycles. The maximum atomic E-state index is 6.65. The first-order valence-electron chi connectivity index (χ1n) is 5.32. The zero-order valence-corrected chi connectivity index (χ0v) is 13.7. The third-order valence-corrected chi connectivity index (χ3v) is 9.44. The van der Waals surface area contributed by atoms with Crippen molar-refractivity contribution in [3.8, 4) is 0 Å². The van der Waals surface area contributed by atoms with E-state index in [4.69, 9.17) is 85.9 Å². The molecule has 0 aromatic carbocycles. The molecule has 0 unspecified atom stereocenters. The van der Waals surface area contributed by atoms with Gasteiger partial charge in [0, 0.05) is 11.8 Å². The Morgan fingerprint density at radius 3 is 1.89 bits per heavy atom. The first-order chi connectivity index (χ1) is 8.20. The second kappa shape index (κ2) is 3.38. The van der Waals surface area contributed by atoms with E-state index in [2.05, 4.69) is 0 Å². The number of hydrogen-bond donors (Lipinski definition) is 0. The van der Waals surface area contributed by atoms with Crippen LogP contribution in [0.15, 0.2) is 10.1 Å². The lowest BCUT2D eigenvalue weighted by molar-refractivity contribution is 0.204. The molecule has 1 nitrogen and oxygen atoms in total. The summed E-state index contributed by atoms with van der Waals surface area (Å²) < 4.78 is 4.00. The molecule has 18 heavy (non-hydrogen) atoms. The second-order valence-electron chi connectivity index (χ2n) is 5.19. The minimum Gasteiger partial charge on any atom is -0.368 e. The van der Waals surface area contributed by atoms with Crippen molar-refractivity contribution in [2.75, 3.05) is 0 Å². The van der Waals surface area contributed by atoms with Gasteiger partial charge in [-0.15, -0.1) is 34.8 Å². The van der Waals surface area contributed by atoms with Gasteiger partial charge in [0.25, 0.3) is 0 Å². The van der Waals surface area contributed by atoms with Crippen molar-refractivity contribution in [2.45, 2.75) is 31.7 Å². The molecule has 1 heterocycles. The number of alkyl halides is 5. The molecule has 4 rings (SSSR count). The molecule has 100 valence electrons. The maximum absolute atomic E-state index is 6.65. The van der Waals surface area contributed by atoms with Gasteiger partial charge in [0.05, 0.1) is 21.5 Å². The van der Waals surface area contributed by atoms with Crippen LogP contribution in [0.4, 0.5) is 0 Å². The number of halogens is 7. The van der Waals surface area contributed by atoms with Crippen molar-refractivity contribution in [1.29, 1.82) is 0 Å². The van der Waals surface area contributed by atoms with Gasteiger partial charge in [0.1, 0.15) is 15.9 Å². The number of rotatable bonds is 0. The number of epoxide rings is 1. The van der Waals surface area contributed by atoms with E-state index in [1.54, 1.807) is 0 Å². The molecule has 4 aliphatic rings. The molecular formula is C10H5Cl7O. The van der Waals surface area contributed by atoms with Crippen LogP contribution >= 0.6 is 81.2 Å². The number of allylic oxidation sites excluding steroid dienone is 2. The van der Waals surface area contributed by atoms with Crippen molar-refractivity contribution < 1.29 is 4.74 Å². The van der Waals surface area contributed by atoms with E-state index < -0.39 is 14.1 Å². The van der Waals surface area contributed by atoms with Gasteiger partial charge < -0.3 is 4.74 Å². The summed E-state index contributed by atoms with van der Waals surface area (Å²) in [6.45, 7) is 0. The average Bonchev–Trinajstić information content (AvgIpc) is 2.98. The molecule has 0 N–H and O–H groups in total. The van der Waals surface area contributed by atoms with Crippen LogP contribution in [0.1, 0.15) is 0 Å². The Balaban J connectivity index is 2.01. The maximum Gasteiger partial charge on any atom is 0.166 e. The standard InChI is InChI=1S/C10H5Cl7O/c11-3-1-2(4-5(3)18-4)9(15)7(13)6(12)8(1,14)10(9,16)17/h1-5H/t1-,2+,3+,4-,5-,8+,9+/m0/s1. The predicted octanol–water partition coefficient (Wildman–Crippen LogP) is 4.45. The van der Waals surface area contributed by atoms with Gasteiger partial charge in [-0.1, -0.05) is 46.4 Å². The summed E-state index contributed by atoms with van der Waals surface area (Å²) in [7, 11) is 0. The smallest absolute Gasteiger partial charge is 0.166 e. The van der Waals surface area contributed by atoms with Gasteiger partial charge in [-0.3, -0.25) is 0 Å². The Hall–Kier alpha value is 1.73. The van der Waals surface area contributed by atoms with E-state index in [-0.39, 0.29) is 39.5 Å². The Kier molecular flexibility index (Phi) is 2.52. The molecule has 3 fully saturated rings. The lowest BCUT2D eigenvalue weighted by atomic mass is 9.83. The topological polar surface area (TPSA) is 12.5 Å². The molecule has 0 aromatic heterocycles. The van der Waals surface area contributed by atoms with E-state index in [9.17, 15) is 0 Å². The van der Waals surface area contributed by atoms with Crippen LogP contribution in [0, 0.1) is 11.8 Å². The number of hydrogen-bond acceptors (Lipinski definition) is 1. The van der Waals surface area contributed by atoms with Crippen LogP contribution in [0.25, 0.3) is 0 Å². The Morgan fingerprint density at radius 2 is 1.33 bits per heavy atom. The lowest BCUT2D eigenvalue weighted by Crippen LogP contribution is -2.46. The molecule has 1 aliphatic heterocycles. The normalized spacial score (nSPS) is 63.2. The zero-order chi connectivity index (χ0) is 13.2. The number of fused-ring (bicyclic) bond motifs is 7. The quantitative estimate of drug-likeness (QED) is 0.441. The molecule has 2 bridgehead atoms. The summed E-state index contributed by atoms with van der Waals surface area (Å²) in [5, 5.41) is 0.111. The molecule has 0 aromatic rings. The van der Waals surface area contributed by atoms with Gasteiger partial charge in [-0.25, -0.2) is 0 Å². The Morgan fingerprint density at radius 1 is 0.833 bits per heavy atom. The molecule has 0 spiro atoms. The van der Waals surface area contributed by atoms with Crippen LogP contribution < -0.4 is 0 Å². The highest BCUT2D eigenvalue weighted by Crippen LogP contribution is 2.81. The summed E-state index contributed by atoms with van der Waals surface area (Å²) >= 11 is 45.0. The van der Waals surface area contributed by atoms with Crippen LogP contribution in [-0.2, 0) is 4.74 Å². The van der Waals surface area contributed by atoms with Gasteiger partial charge in [0.15, 0.2) is 4.33 Å². The fraction of sp³-hybridized carbons (Fsp3) is 0.800. The Labute approximate surface area is 139 Å². The minimum atomic E-state index is -1.50. The van der Waals surface area contributed by atoms with Crippen molar-refractivity contribution in [3.63, 3.8) is 0 Å². The lowest BCUT2D eigenvalue weighted by Gasteiger charge is -2.35. The molecule has 3 aliphatic carbocycles. The van der Waals surface area contributed by atoms with E-state index in [1.165, 1.54) is 0 Å². The van der Waals surface area contributed by atoms with Crippen molar-refractivity contribution in [1.82, 2.24) is 0 Å². The van der Waals surface area contributed by atoms with Gasteiger partial charge in [0.2, 0.25) is 0 Å².